The van der Waals surface area contributed by atoms with Crippen LogP contribution < -0.4 is 5.32 Å². The Kier molecular flexibility index (Phi) is 5.72. The Morgan fingerprint density at radius 2 is 1.43 bits per heavy atom. The molecule has 0 amide bonds. The Morgan fingerprint density at radius 3 is 2.04 bits per heavy atom. The van der Waals surface area contributed by atoms with Gasteiger partial charge in [-0.15, -0.1) is 0 Å². The highest BCUT2D eigenvalue weighted by Gasteiger charge is 2.16. The van der Waals surface area contributed by atoms with Crippen LogP contribution in [0.2, 0.25) is 0 Å². The van der Waals surface area contributed by atoms with E-state index in [9.17, 15) is 19.7 Å². The quantitative estimate of drug-likeness (QED) is 0.282. The molecule has 0 aliphatic rings. The number of nitro groups is 1. The maximum absolute atomic E-state index is 12.9. The maximum atomic E-state index is 12.9. The number of non-ortho nitro benzene ring substituents is 1. The molecule has 0 aliphatic heterocycles. The van der Waals surface area contributed by atoms with Crippen LogP contribution in [-0.4, -0.2) is 16.5 Å². The van der Waals surface area contributed by atoms with E-state index in [4.69, 9.17) is 0 Å². The Labute approximate surface area is 161 Å². The molecule has 3 aromatic carbocycles. The van der Waals surface area contributed by atoms with Gasteiger partial charge in [0.25, 0.3) is 5.69 Å². The number of nitrogens with one attached hydrogen (secondary N) is 1. The summed E-state index contributed by atoms with van der Waals surface area (Å²) in [4.78, 5) is 36.0. The topological polar surface area (TPSA) is 89.3 Å². The molecular formula is C22H16N2O4. The van der Waals surface area contributed by atoms with Gasteiger partial charge in [0.15, 0.2) is 5.78 Å². The molecule has 0 spiro atoms. The van der Waals surface area contributed by atoms with Gasteiger partial charge in [-0.2, -0.15) is 0 Å². The lowest BCUT2D eigenvalue weighted by atomic mass is 10.0. The van der Waals surface area contributed by atoms with Gasteiger partial charge in [0.1, 0.15) is 0 Å². The minimum atomic E-state index is -0.525. The number of benzene rings is 3. The molecule has 0 atom stereocenters. The molecule has 0 aromatic heterocycles. The van der Waals surface area contributed by atoms with E-state index >= 15 is 0 Å². The summed E-state index contributed by atoms with van der Waals surface area (Å²) in [5.41, 5.74) is 1.08. The van der Waals surface area contributed by atoms with Crippen LogP contribution in [0.25, 0.3) is 0 Å². The van der Waals surface area contributed by atoms with Crippen LogP contribution in [0, 0.1) is 10.1 Å². The Hall–Kier alpha value is -4.06. The van der Waals surface area contributed by atoms with Gasteiger partial charge in [0.2, 0.25) is 5.78 Å². The second-order valence-corrected chi connectivity index (χ2v) is 5.92. The molecule has 0 unspecified atom stereocenters. The first-order valence-corrected chi connectivity index (χ1v) is 8.47. The van der Waals surface area contributed by atoms with Crippen molar-refractivity contribution in [1.82, 2.24) is 0 Å². The summed E-state index contributed by atoms with van der Waals surface area (Å²) in [6.07, 6.45) is 1.21. The van der Waals surface area contributed by atoms with E-state index in [0.717, 1.165) is 0 Å². The van der Waals surface area contributed by atoms with E-state index in [1.54, 1.807) is 66.7 Å². The maximum Gasteiger partial charge on any atom is 0.271 e. The normalized spacial score (nSPS) is 10.9. The summed E-state index contributed by atoms with van der Waals surface area (Å²) in [5.74, 6) is -0.741. The Bertz CT molecular complexity index is 1040. The van der Waals surface area contributed by atoms with Crippen molar-refractivity contribution in [1.29, 1.82) is 0 Å². The van der Waals surface area contributed by atoms with Gasteiger partial charge in [0.05, 0.1) is 10.6 Å². The van der Waals surface area contributed by atoms with Gasteiger partial charge in [-0.1, -0.05) is 66.7 Å². The van der Waals surface area contributed by atoms with E-state index in [1.165, 1.54) is 24.3 Å². The zero-order chi connectivity index (χ0) is 19.9. The number of rotatable bonds is 7. The lowest BCUT2D eigenvalue weighted by Crippen LogP contribution is -2.14. The lowest BCUT2D eigenvalue weighted by Gasteiger charge is -2.10. The van der Waals surface area contributed by atoms with Gasteiger partial charge in [-0.25, -0.2) is 0 Å². The number of hydrogen-bond acceptors (Lipinski definition) is 5. The minimum Gasteiger partial charge on any atom is -0.352 e. The number of hydrogen-bond donors (Lipinski definition) is 1. The van der Waals surface area contributed by atoms with Gasteiger partial charge >= 0.3 is 0 Å². The van der Waals surface area contributed by atoms with E-state index in [0.29, 0.717) is 16.8 Å². The van der Waals surface area contributed by atoms with E-state index in [1.807, 2.05) is 0 Å². The number of anilines is 1. The average molecular weight is 372 g/mol. The first-order valence-electron chi connectivity index (χ1n) is 8.47. The van der Waals surface area contributed by atoms with E-state index < -0.39 is 10.7 Å². The predicted octanol–water partition coefficient (Wildman–Crippen LogP) is 4.66. The summed E-state index contributed by atoms with van der Waals surface area (Å²) in [6.45, 7) is 0. The van der Waals surface area contributed by atoms with Crippen LogP contribution in [-0.2, 0) is 0 Å². The fourth-order valence-corrected chi connectivity index (χ4v) is 2.57. The number of ketones is 2. The minimum absolute atomic E-state index is 0.0283. The standard InChI is InChI=1S/C22H16N2O4/c25-21(16-8-3-1-4-9-16)15-20(22(26)17-10-5-2-6-11-17)23-18-12-7-13-19(14-18)24(27)28/h1-15,23H/b20-15-. The fourth-order valence-electron chi connectivity index (χ4n) is 2.57. The molecule has 6 heteroatoms. The molecule has 6 nitrogen and oxygen atoms in total. The molecule has 0 bridgehead atoms. The van der Waals surface area contributed by atoms with Gasteiger partial charge in [-0.3, -0.25) is 19.7 Å². The van der Waals surface area contributed by atoms with Crippen LogP contribution in [0.4, 0.5) is 11.4 Å². The zero-order valence-electron chi connectivity index (χ0n) is 14.7. The number of allylic oxidation sites excluding steroid dienone is 2. The van der Waals surface area contributed by atoms with Gasteiger partial charge in [-0.05, 0) is 6.07 Å². The van der Waals surface area contributed by atoms with Crippen molar-refractivity contribution in [2.75, 3.05) is 5.32 Å². The average Bonchev–Trinajstić information content (AvgIpc) is 2.74. The predicted molar refractivity (Wildman–Crippen MR) is 106 cm³/mol. The number of Topliss-reactive ketones (excluding diaryl/α,β-unsaturated/α-hetero) is 1. The SMILES string of the molecule is O=C(/C=C(\Nc1cccc([N+](=O)[O-])c1)C(=O)c1ccccc1)c1ccccc1. The molecule has 0 saturated carbocycles. The van der Waals surface area contributed by atoms with Crippen LogP contribution in [0.1, 0.15) is 20.7 Å². The third-order valence-electron chi connectivity index (χ3n) is 3.95. The van der Waals surface area contributed by atoms with Crippen LogP contribution in [0.15, 0.2) is 96.7 Å². The lowest BCUT2D eigenvalue weighted by molar-refractivity contribution is -0.384. The highest BCUT2D eigenvalue weighted by molar-refractivity contribution is 6.16. The highest BCUT2D eigenvalue weighted by atomic mass is 16.6. The van der Waals surface area contributed by atoms with Crippen molar-refractivity contribution in [3.63, 3.8) is 0 Å². The Morgan fingerprint density at radius 1 is 0.821 bits per heavy atom. The molecule has 3 aromatic rings. The van der Waals surface area contributed by atoms with Crippen molar-refractivity contribution in [2.45, 2.75) is 0 Å². The largest absolute Gasteiger partial charge is 0.352 e. The summed E-state index contributed by atoms with van der Waals surface area (Å²) in [5, 5.41) is 13.9. The molecule has 3 rings (SSSR count). The summed E-state index contributed by atoms with van der Waals surface area (Å²) >= 11 is 0. The van der Waals surface area contributed by atoms with Crippen LogP contribution in [0.3, 0.4) is 0 Å². The number of carbonyl (C=O) groups is 2. The van der Waals surface area contributed by atoms with Crippen LogP contribution >= 0.6 is 0 Å². The van der Waals surface area contributed by atoms with Crippen LogP contribution in [0.5, 0.6) is 0 Å². The monoisotopic (exact) mass is 372 g/mol. The second-order valence-electron chi connectivity index (χ2n) is 5.92. The fraction of sp³-hybridized carbons (Fsp3) is 0. The molecule has 0 fully saturated rings. The third kappa shape index (κ3) is 4.56. The molecule has 28 heavy (non-hydrogen) atoms. The molecule has 0 heterocycles. The first kappa shape index (κ1) is 18.7. The summed E-state index contributed by atoms with van der Waals surface area (Å²) in [6, 6.07) is 22.8. The molecule has 1 N–H and O–H groups in total. The highest BCUT2D eigenvalue weighted by Crippen LogP contribution is 2.20. The van der Waals surface area contributed by atoms with Gasteiger partial charge < -0.3 is 5.32 Å². The Balaban J connectivity index is 1.98. The zero-order valence-corrected chi connectivity index (χ0v) is 14.7. The molecule has 0 saturated heterocycles. The van der Waals surface area contributed by atoms with Crippen molar-refractivity contribution in [3.8, 4) is 0 Å². The first-order chi connectivity index (χ1) is 13.5. The second kappa shape index (κ2) is 8.55. The van der Waals surface area contributed by atoms with Gasteiger partial charge in [0, 0.05) is 35.0 Å². The van der Waals surface area contributed by atoms with E-state index in [-0.39, 0.29) is 17.2 Å². The van der Waals surface area contributed by atoms with Crippen molar-refractivity contribution in [3.05, 3.63) is 118 Å². The number of carbonyl (C=O) groups excluding carboxylic acids is 2. The summed E-state index contributed by atoms with van der Waals surface area (Å²) in [7, 11) is 0. The van der Waals surface area contributed by atoms with Crippen molar-refractivity contribution < 1.29 is 14.5 Å². The third-order valence-corrected chi connectivity index (χ3v) is 3.95. The molecule has 0 aliphatic carbocycles. The number of nitrogens with zero attached hydrogens (tertiary/aromatic N) is 1. The number of nitro benzene ring substituents is 1. The van der Waals surface area contributed by atoms with E-state index in [2.05, 4.69) is 5.32 Å². The molecule has 138 valence electrons. The van der Waals surface area contributed by atoms with Crippen molar-refractivity contribution >= 4 is 22.9 Å². The molecular weight excluding hydrogens is 356 g/mol. The smallest absolute Gasteiger partial charge is 0.271 e. The molecule has 0 radical (unpaired) electrons. The van der Waals surface area contributed by atoms with Crippen molar-refractivity contribution in [2.24, 2.45) is 0 Å². The summed E-state index contributed by atoms with van der Waals surface area (Å²) < 4.78 is 0.